The van der Waals surface area contributed by atoms with Gasteiger partial charge < -0.3 is 14.8 Å². The number of hydrogen-bond acceptors (Lipinski definition) is 4. The fourth-order valence-corrected chi connectivity index (χ4v) is 1.32. The maximum Gasteiger partial charge on any atom is 0.354 e. The first-order chi connectivity index (χ1) is 7.36. The lowest BCUT2D eigenvalue weighted by molar-refractivity contribution is 0.0688. The normalized spacial score (nSPS) is 11.4. The van der Waals surface area contributed by atoms with Gasteiger partial charge in [0.2, 0.25) is 0 Å². The Balaban J connectivity index is 3.24. The Morgan fingerprint density at radius 3 is 2.75 bits per heavy atom. The van der Waals surface area contributed by atoms with Crippen LogP contribution in [0.25, 0.3) is 0 Å². The van der Waals surface area contributed by atoms with Crippen LogP contribution in [0.3, 0.4) is 0 Å². The summed E-state index contributed by atoms with van der Waals surface area (Å²) in [7, 11) is 1.53. The van der Waals surface area contributed by atoms with E-state index in [-0.39, 0.29) is 5.69 Å². The molecule has 16 heavy (non-hydrogen) atoms. The van der Waals surface area contributed by atoms with Crippen LogP contribution in [0, 0.1) is 0 Å². The van der Waals surface area contributed by atoms with Gasteiger partial charge in [-0.05, 0) is 0 Å². The van der Waals surface area contributed by atoms with Crippen LogP contribution in [-0.4, -0.2) is 34.8 Å². The Morgan fingerprint density at radius 2 is 2.25 bits per heavy atom. The highest BCUT2D eigenvalue weighted by molar-refractivity contribution is 5.85. The summed E-state index contributed by atoms with van der Waals surface area (Å²) < 4.78 is 4.99. The molecule has 0 bridgehead atoms. The van der Waals surface area contributed by atoms with Gasteiger partial charge in [0.1, 0.15) is 5.82 Å². The molecule has 0 aliphatic rings. The number of aromatic nitrogens is 2. The third-order valence-corrected chi connectivity index (χ3v) is 2.11. The highest BCUT2D eigenvalue weighted by atomic mass is 16.5. The van der Waals surface area contributed by atoms with E-state index in [0.717, 1.165) is 6.07 Å². The highest BCUT2D eigenvalue weighted by Crippen LogP contribution is 2.18. The van der Waals surface area contributed by atoms with E-state index in [1.165, 1.54) is 7.11 Å². The number of carboxylic acids is 1. The Morgan fingerprint density at radius 1 is 1.62 bits per heavy atom. The quantitative estimate of drug-likeness (QED) is 0.774. The van der Waals surface area contributed by atoms with Gasteiger partial charge in [0.25, 0.3) is 5.56 Å². The minimum Gasteiger partial charge on any atom is -0.477 e. The van der Waals surface area contributed by atoms with Gasteiger partial charge in [0.15, 0.2) is 5.69 Å². The number of rotatable bonds is 4. The second-order valence-electron chi connectivity index (χ2n) is 4.10. The first kappa shape index (κ1) is 12.4. The molecule has 0 amide bonds. The summed E-state index contributed by atoms with van der Waals surface area (Å²) in [5.74, 6) is -0.917. The van der Waals surface area contributed by atoms with Crippen molar-refractivity contribution in [2.75, 3.05) is 13.7 Å². The SMILES string of the molecule is COCC(C)(C)c1nc(C(=O)O)cc(=O)[nH]1. The van der Waals surface area contributed by atoms with Crippen LogP contribution in [0.15, 0.2) is 10.9 Å². The van der Waals surface area contributed by atoms with Gasteiger partial charge in [-0.25, -0.2) is 9.78 Å². The van der Waals surface area contributed by atoms with Crippen molar-refractivity contribution in [3.63, 3.8) is 0 Å². The molecular weight excluding hydrogens is 212 g/mol. The van der Waals surface area contributed by atoms with Gasteiger partial charge >= 0.3 is 5.97 Å². The summed E-state index contributed by atoms with van der Waals surface area (Å²) in [6.07, 6.45) is 0. The minimum atomic E-state index is -1.22. The number of ether oxygens (including phenoxy) is 1. The maximum atomic E-state index is 11.3. The summed E-state index contributed by atoms with van der Waals surface area (Å²) in [6, 6.07) is 0.953. The Hall–Kier alpha value is -1.69. The van der Waals surface area contributed by atoms with Gasteiger partial charge in [-0.2, -0.15) is 0 Å². The van der Waals surface area contributed by atoms with Gasteiger partial charge in [-0.1, -0.05) is 13.8 Å². The van der Waals surface area contributed by atoms with Crippen LogP contribution in [0.2, 0.25) is 0 Å². The average Bonchev–Trinajstić information content (AvgIpc) is 2.16. The highest BCUT2D eigenvalue weighted by Gasteiger charge is 2.24. The first-order valence-electron chi connectivity index (χ1n) is 4.71. The van der Waals surface area contributed by atoms with E-state index in [4.69, 9.17) is 9.84 Å². The predicted octanol–water partition coefficient (Wildman–Crippen LogP) is 0.392. The molecule has 6 nitrogen and oxygen atoms in total. The van der Waals surface area contributed by atoms with Crippen molar-refractivity contribution in [1.29, 1.82) is 0 Å². The van der Waals surface area contributed by atoms with E-state index in [0.29, 0.717) is 12.4 Å². The monoisotopic (exact) mass is 226 g/mol. The van der Waals surface area contributed by atoms with E-state index in [1.807, 2.05) is 0 Å². The van der Waals surface area contributed by atoms with Crippen molar-refractivity contribution in [3.05, 3.63) is 27.9 Å². The second kappa shape index (κ2) is 4.44. The third-order valence-electron chi connectivity index (χ3n) is 2.11. The Bertz CT molecular complexity index is 450. The molecule has 1 heterocycles. The van der Waals surface area contributed by atoms with Crippen LogP contribution < -0.4 is 5.56 Å². The van der Waals surface area contributed by atoms with E-state index >= 15 is 0 Å². The van der Waals surface area contributed by atoms with Crippen molar-refractivity contribution >= 4 is 5.97 Å². The Kier molecular flexibility index (Phi) is 3.44. The number of aromatic carboxylic acids is 1. The number of carboxylic acid groups (broad SMARTS) is 1. The molecule has 0 saturated heterocycles. The number of nitrogens with one attached hydrogen (secondary N) is 1. The zero-order chi connectivity index (χ0) is 12.3. The van der Waals surface area contributed by atoms with Gasteiger partial charge in [-0.15, -0.1) is 0 Å². The molecule has 0 atom stereocenters. The smallest absolute Gasteiger partial charge is 0.354 e. The summed E-state index contributed by atoms with van der Waals surface area (Å²) in [4.78, 5) is 28.4. The van der Waals surface area contributed by atoms with Crippen LogP contribution in [0.4, 0.5) is 0 Å². The number of H-pyrrole nitrogens is 1. The molecule has 0 unspecified atom stereocenters. The molecule has 0 radical (unpaired) electrons. The molecule has 0 aromatic carbocycles. The van der Waals surface area contributed by atoms with Crippen molar-refractivity contribution < 1.29 is 14.6 Å². The molecule has 88 valence electrons. The molecule has 2 N–H and O–H groups in total. The van der Waals surface area contributed by atoms with Crippen LogP contribution in [0.1, 0.15) is 30.2 Å². The third kappa shape index (κ3) is 2.66. The molecule has 1 rings (SSSR count). The van der Waals surface area contributed by atoms with Gasteiger partial charge in [0, 0.05) is 18.6 Å². The lowest BCUT2D eigenvalue weighted by atomic mass is 9.93. The zero-order valence-electron chi connectivity index (χ0n) is 9.40. The maximum absolute atomic E-state index is 11.3. The minimum absolute atomic E-state index is 0.261. The average molecular weight is 226 g/mol. The number of methoxy groups -OCH3 is 1. The van der Waals surface area contributed by atoms with Crippen molar-refractivity contribution in [3.8, 4) is 0 Å². The van der Waals surface area contributed by atoms with Crippen LogP contribution in [-0.2, 0) is 10.2 Å². The summed E-state index contributed by atoms with van der Waals surface area (Å²) in [5, 5.41) is 8.78. The van der Waals surface area contributed by atoms with E-state index in [1.54, 1.807) is 13.8 Å². The number of hydrogen-bond donors (Lipinski definition) is 2. The molecular formula is C10H14N2O4. The number of nitrogens with zero attached hydrogens (tertiary/aromatic N) is 1. The molecule has 1 aromatic rings. The fraction of sp³-hybridized carbons (Fsp3) is 0.500. The number of aromatic amines is 1. The molecule has 0 spiro atoms. The molecule has 0 saturated carbocycles. The largest absolute Gasteiger partial charge is 0.477 e. The van der Waals surface area contributed by atoms with Gasteiger partial charge in [-0.3, -0.25) is 4.79 Å². The predicted molar refractivity (Wildman–Crippen MR) is 56.7 cm³/mol. The topological polar surface area (TPSA) is 92.3 Å². The molecule has 0 aliphatic carbocycles. The molecule has 6 heteroatoms. The lowest BCUT2D eigenvalue weighted by Crippen LogP contribution is -2.30. The molecule has 0 fully saturated rings. The number of carbonyl (C=O) groups is 1. The van der Waals surface area contributed by atoms with Crippen molar-refractivity contribution in [1.82, 2.24) is 9.97 Å². The summed E-state index contributed by atoms with van der Waals surface area (Å²) in [6.45, 7) is 3.94. The summed E-state index contributed by atoms with van der Waals surface area (Å²) in [5.41, 5.74) is -1.28. The molecule has 0 aliphatic heterocycles. The lowest BCUT2D eigenvalue weighted by Gasteiger charge is -2.22. The van der Waals surface area contributed by atoms with Crippen LogP contribution >= 0.6 is 0 Å². The Labute approximate surface area is 92.3 Å². The first-order valence-corrected chi connectivity index (χ1v) is 4.71. The van der Waals surface area contributed by atoms with E-state index < -0.39 is 16.9 Å². The second-order valence-corrected chi connectivity index (χ2v) is 4.10. The van der Waals surface area contributed by atoms with Crippen molar-refractivity contribution in [2.24, 2.45) is 0 Å². The molecule has 1 aromatic heterocycles. The van der Waals surface area contributed by atoms with E-state index in [9.17, 15) is 9.59 Å². The van der Waals surface area contributed by atoms with Crippen LogP contribution in [0.5, 0.6) is 0 Å². The van der Waals surface area contributed by atoms with E-state index in [2.05, 4.69) is 9.97 Å². The van der Waals surface area contributed by atoms with Crippen molar-refractivity contribution in [2.45, 2.75) is 19.3 Å². The zero-order valence-corrected chi connectivity index (χ0v) is 9.40. The standard InChI is InChI=1S/C10H14N2O4/c1-10(2,5-16-3)9-11-6(8(14)15)4-7(13)12-9/h4H,5H2,1-3H3,(H,14,15)(H,11,12,13). The fourth-order valence-electron chi connectivity index (χ4n) is 1.32. The van der Waals surface area contributed by atoms with Gasteiger partial charge in [0.05, 0.1) is 6.61 Å². The summed E-state index contributed by atoms with van der Waals surface area (Å²) >= 11 is 0.